The number of nitrogens with zero attached hydrogens (tertiary/aromatic N) is 1. The van der Waals surface area contributed by atoms with Crippen LogP contribution in [0.3, 0.4) is 0 Å². The van der Waals surface area contributed by atoms with Gasteiger partial charge in [0.25, 0.3) is 5.69 Å². The lowest BCUT2D eigenvalue weighted by Crippen LogP contribution is -2.13. The molecule has 0 heterocycles. The lowest BCUT2D eigenvalue weighted by atomic mass is 10.1. The van der Waals surface area contributed by atoms with E-state index in [-0.39, 0.29) is 11.6 Å². The molecule has 0 aliphatic carbocycles. The number of amides is 1. The molecular weight excluding hydrogens is 292 g/mol. The van der Waals surface area contributed by atoms with Gasteiger partial charge >= 0.3 is 0 Å². The second-order valence-electron chi connectivity index (χ2n) is 5.59. The zero-order chi connectivity index (χ0) is 16.8. The molecule has 2 aromatic carbocycles. The van der Waals surface area contributed by atoms with Crippen molar-refractivity contribution in [2.75, 3.05) is 5.32 Å². The van der Waals surface area contributed by atoms with Gasteiger partial charge in [0.15, 0.2) is 0 Å². The minimum atomic E-state index is -0.442. The average molecular weight is 312 g/mol. The zero-order valence-electron chi connectivity index (χ0n) is 13.3. The summed E-state index contributed by atoms with van der Waals surface area (Å²) in [6.45, 7) is 3.68. The lowest BCUT2D eigenvalue weighted by molar-refractivity contribution is -0.385. The molecule has 120 valence electrons. The standard InChI is InChI=1S/C18H20N2O3/c1-13-9-11-15(12-10-13)5-3-8-18(21)19-16-6-4-7-17(14(16)2)20(22)23/h4,6-7,9-12H,3,5,8H2,1-2H3,(H,19,21). The van der Waals surface area contributed by atoms with Gasteiger partial charge < -0.3 is 5.32 Å². The normalized spacial score (nSPS) is 10.3. The Morgan fingerprint density at radius 2 is 1.83 bits per heavy atom. The van der Waals surface area contributed by atoms with E-state index in [0.717, 1.165) is 12.8 Å². The molecular formula is C18H20N2O3. The summed E-state index contributed by atoms with van der Waals surface area (Å²) in [6, 6.07) is 12.9. The molecule has 0 spiro atoms. The van der Waals surface area contributed by atoms with Gasteiger partial charge in [0.1, 0.15) is 0 Å². The number of nitro groups is 1. The van der Waals surface area contributed by atoms with Crippen LogP contribution < -0.4 is 5.32 Å². The van der Waals surface area contributed by atoms with Crippen LogP contribution >= 0.6 is 0 Å². The monoisotopic (exact) mass is 312 g/mol. The summed E-state index contributed by atoms with van der Waals surface area (Å²) in [4.78, 5) is 22.5. The third-order valence-electron chi connectivity index (χ3n) is 3.77. The summed E-state index contributed by atoms with van der Waals surface area (Å²) in [5, 5.41) is 13.7. The molecule has 0 aromatic heterocycles. The first-order chi connectivity index (χ1) is 11.0. The average Bonchev–Trinajstić information content (AvgIpc) is 2.51. The van der Waals surface area contributed by atoms with E-state index in [0.29, 0.717) is 17.7 Å². The van der Waals surface area contributed by atoms with Gasteiger partial charge in [0, 0.05) is 12.5 Å². The summed E-state index contributed by atoms with van der Waals surface area (Å²) in [5.74, 6) is -0.124. The predicted octanol–water partition coefficient (Wildman–Crippen LogP) is 4.17. The first-order valence-electron chi connectivity index (χ1n) is 7.57. The van der Waals surface area contributed by atoms with Gasteiger partial charge in [-0.15, -0.1) is 0 Å². The Bertz CT molecular complexity index is 709. The third-order valence-corrected chi connectivity index (χ3v) is 3.77. The maximum absolute atomic E-state index is 12.0. The van der Waals surface area contributed by atoms with Crippen LogP contribution in [0.15, 0.2) is 42.5 Å². The van der Waals surface area contributed by atoms with Crippen LogP contribution in [0.25, 0.3) is 0 Å². The molecule has 1 N–H and O–H groups in total. The van der Waals surface area contributed by atoms with E-state index >= 15 is 0 Å². The van der Waals surface area contributed by atoms with Crippen molar-refractivity contribution in [1.82, 2.24) is 0 Å². The Hall–Kier alpha value is -2.69. The highest BCUT2D eigenvalue weighted by Gasteiger charge is 2.14. The SMILES string of the molecule is Cc1ccc(CCCC(=O)Nc2cccc([N+](=O)[O-])c2C)cc1. The fraction of sp³-hybridized carbons (Fsp3) is 0.278. The van der Waals surface area contributed by atoms with Crippen molar-refractivity contribution < 1.29 is 9.72 Å². The van der Waals surface area contributed by atoms with Crippen LogP contribution in [0.2, 0.25) is 0 Å². The van der Waals surface area contributed by atoms with Crippen molar-refractivity contribution in [1.29, 1.82) is 0 Å². The molecule has 0 saturated carbocycles. The molecule has 2 aromatic rings. The van der Waals surface area contributed by atoms with Crippen molar-refractivity contribution in [3.05, 3.63) is 69.3 Å². The molecule has 1 amide bonds. The lowest BCUT2D eigenvalue weighted by Gasteiger charge is -2.08. The summed E-state index contributed by atoms with van der Waals surface area (Å²) in [5.41, 5.74) is 3.41. The highest BCUT2D eigenvalue weighted by Crippen LogP contribution is 2.25. The van der Waals surface area contributed by atoms with E-state index in [1.54, 1.807) is 19.1 Å². The van der Waals surface area contributed by atoms with Crippen molar-refractivity contribution in [2.24, 2.45) is 0 Å². The van der Waals surface area contributed by atoms with Crippen LogP contribution in [0, 0.1) is 24.0 Å². The van der Waals surface area contributed by atoms with Gasteiger partial charge in [-0.1, -0.05) is 35.9 Å². The second-order valence-corrected chi connectivity index (χ2v) is 5.59. The molecule has 5 nitrogen and oxygen atoms in total. The topological polar surface area (TPSA) is 72.2 Å². The number of benzene rings is 2. The van der Waals surface area contributed by atoms with Crippen LogP contribution in [0.4, 0.5) is 11.4 Å². The molecule has 23 heavy (non-hydrogen) atoms. The Morgan fingerprint density at radius 1 is 1.13 bits per heavy atom. The molecule has 5 heteroatoms. The van der Waals surface area contributed by atoms with Crippen molar-refractivity contribution in [3.8, 4) is 0 Å². The molecule has 0 atom stereocenters. The summed E-state index contributed by atoms with van der Waals surface area (Å²) < 4.78 is 0. The highest BCUT2D eigenvalue weighted by atomic mass is 16.6. The fourth-order valence-electron chi connectivity index (χ4n) is 2.38. The second kappa shape index (κ2) is 7.54. The Morgan fingerprint density at radius 3 is 2.48 bits per heavy atom. The van der Waals surface area contributed by atoms with Crippen LogP contribution in [-0.2, 0) is 11.2 Å². The summed E-state index contributed by atoms with van der Waals surface area (Å²) >= 11 is 0. The number of nitrogens with one attached hydrogen (secondary N) is 1. The number of hydrogen-bond acceptors (Lipinski definition) is 3. The molecule has 0 saturated heterocycles. The molecule has 2 rings (SSSR count). The maximum Gasteiger partial charge on any atom is 0.274 e. The van der Waals surface area contributed by atoms with E-state index < -0.39 is 4.92 Å². The minimum Gasteiger partial charge on any atom is -0.326 e. The number of carbonyl (C=O) groups is 1. The molecule has 0 fully saturated rings. The maximum atomic E-state index is 12.0. The Kier molecular flexibility index (Phi) is 5.46. The zero-order valence-corrected chi connectivity index (χ0v) is 13.3. The Labute approximate surface area is 135 Å². The number of rotatable bonds is 6. The molecule has 0 unspecified atom stereocenters. The van der Waals surface area contributed by atoms with Crippen molar-refractivity contribution in [3.63, 3.8) is 0 Å². The van der Waals surface area contributed by atoms with E-state index in [4.69, 9.17) is 0 Å². The minimum absolute atomic E-state index is 0.0162. The largest absolute Gasteiger partial charge is 0.326 e. The van der Waals surface area contributed by atoms with Gasteiger partial charge in [0.05, 0.1) is 16.2 Å². The number of aryl methyl sites for hydroxylation is 2. The first-order valence-corrected chi connectivity index (χ1v) is 7.57. The van der Waals surface area contributed by atoms with Gasteiger partial charge in [-0.05, 0) is 38.3 Å². The summed E-state index contributed by atoms with van der Waals surface area (Å²) in [6.07, 6.45) is 1.96. The van der Waals surface area contributed by atoms with Crippen molar-refractivity contribution >= 4 is 17.3 Å². The highest BCUT2D eigenvalue weighted by molar-refractivity contribution is 5.92. The first kappa shape index (κ1) is 16.7. The van der Waals surface area contributed by atoms with Crippen LogP contribution in [0.5, 0.6) is 0 Å². The number of anilines is 1. The number of nitro benzene ring substituents is 1. The fourth-order valence-corrected chi connectivity index (χ4v) is 2.38. The van der Waals surface area contributed by atoms with Gasteiger partial charge in [-0.3, -0.25) is 14.9 Å². The molecule has 0 radical (unpaired) electrons. The third kappa shape index (κ3) is 4.64. The van der Waals surface area contributed by atoms with Crippen LogP contribution in [-0.4, -0.2) is 10.8 Å². The number of hydrogen-bond donors (Lipinski definition) is 1. The van der Waals surface area contributed by atoms with Gasteiger partial charge in [0.2, 0.25) is 5.91 Å². The summed E-state index contributed by atoms with van der Waals surface area (Å²) in [7, 11) is 0. The smallest absolute Gasteiger partial charge is 0.274 e. The molecule has 0 aliphatic heterocycles. The van der Waals surface area contributed by atoms with Crippen LogP contribution in [0.1, 0.15) is 29.5 Å². The van der Waals surface area contributed by atoms with Gasteiger partial charge in [-0.2, -0.15) is 0 Å². The Balaban J connectivity index is 1.89. The van der Waals surface area contributed by atoms with E-state index in [9.17, 15) is 14.9 Å². The van der Waals surface area contributed by atoms with E-state index in [1.165, 1.54) is 17.2 Å². The van der Waals surface area contributed by atoms with Gasteiger partial charge in [-0.25, -0.2) is 0 Å². The molecule has 0 aliphatic rings. The number of carbonyl (C=O) groups excluding carboxylic acids is 1. The van der Waals surface area contributed by atoms with Crippen molar-refractivity contribution in [2.45, 2.75) is 33.1 Å². The quantitative estimate of drug-likeness (QED) is 0.642. The predicted molar refractivity (Wildman–Crippen MR) is 90.6 cm³/mol. The van der Waals surface area contributed by atoms with E-state index in [1.807, 2.05) is 6.92 Å². The van der Waals surface area contributed by atoms with E-state index in [2.05, 4.69) is 29.6 Å². The molecule has 0 bridgehead atoms.